The van der Waals surface area contributed by atoms with Crippen molar-refractivity contribution in [3.8, 4) is 5.75 Å². The van der Waals surface area contributed by atoms with Crippen LogP contribution in [-0.4, -0.2) is 35.1 Å². The zero-order valence-corrected chi connectivity index (χ0v) is 23.4. The number of nitrogens with zero attached hydrogens (tertiary/aromatic N) is 3. The van der Waals surface area contributed by atoms with E-state index in [1.165, 1.54) is 11.9 Å². The van der Waals surface area contributed by atoms with Crippen molar-refractivity contribution in [1.82, 2.24) is 20.5 Å². The van der Waals surface area contributed by atoms with Crippen molar-refractivity contribution in [1.29, 1.82) is 0 Å². The predicted molar refractivity (Wildman–Crippen MR) is 153 cm³/mol. The van der Waals surface area contributed by atoms with Crippen LogP contribution in [-0.2, 0) is 12.5 Å². The van der Waals surface area contributed by atoms with E-state index in [0.717, 1.165) is 33.9 Å². The van der Waals surface area contributed by atoms with E-state index in [1.807, 2.05) is 43.6 Å². The van der Waals surface area contributed by atoms with Crippen molar-refractivity contribution < 1.29 is 14.3 Å². The van der Waals surface area contributed by atoms with Crippen molar-refractivity contribution in [3.05, 3.63) is 70.9 Å². The van der Waals surface area contributed by atoms with Crippen LogP contribution in [0.2, 0.25) is 0 Å². The van der Waals surface area contributed by atoms with Crippen LogP contribution >= 0.6 is 11.9 Å². The molecular weight excluding hydrogens is 502 g/mol. The minimum absolute atomic E-state index is 0.129. The fourth-order valence-electron chi connectivity index (χ4n) is 4.12. The van der Waals surface area contributed by atoms with Crippen molar-refractivity contribution in [2.24, 2.45) is 7.05 Å². The first-order chi connectivity index (χ1) is 18.1. The highest BCUT2D eigenvalue weighted by molar-refractivity contribution is 7.99. The van der Waals surface area contributed by atoms with Gasteiger partial charge in [0.25, 0.3) is 5.91 Å². The van der Waals surface area contributed by atoms with Crippen LogP contribution in [0.1, 0.15) is 58.6 Å². The highest BCUT2D eigenvalue weighted by Gasteiger charge is 2.23. The molecule has 0 spiro atoms. The van der Waals surface area contributed by atoms with E-state index in [9.17, 15) is 9.59 Å². The largest absolute Gasteiger partial charge is 0.492 e. The number of ether oxygens (including phenoxy) is 1. The number of anilines is 3. The Bertz CT molecular complexity index is 1410. The standard InChI is InChI=1S/C27H33N7O3S/c1-16-8-9-17(10-22(16)34-14-21(30-32-34)23-13-28-24(15-35)33(23)5)26(36)29-19-11-18(27(2,3)4)12-20(31-38-7)25(19)37-6/h8-15,30-32H,1-7H3,(H,29,36). The zero-order chi connectivity index (χ0) is 27.6. The number of hydrogen-bond acceptors (Lipinski definition) is 9. The molecule has 200 valence electrons. The number of aromatic nitrogens is 2. The Kier molecular flexibility index (Phi) is 7.70. The van der Waals surface area contributed by atoms with Gasteiger partial charge >= 0.3 is 0 Å². The Morgan fingerprint density at radius 1 is 1.18 bits per heavy atom. The van der Waals surface area contributed by atoms with E-state index in [4.69, 9.17) is 4.74 Å². The summed E-state index contributed by atoms with van der Waals surface area (Å²) in [5, 5.41) is 4.84. The van der Waals surface area contributed by atoms with Crippen LogP contribution in [0, 0.1) is 6.92 Å². The highest BCUT2D eigenvalue weighted by atomic mass is 32.2. The van der Waals surface area contributed by atoms with Gasteiger partial charge in [-0.25, -0.2) is 4.98 Å². The number of carbonyl (C=O) groups is 2. The van der Waals surface area contributed by atoms with Crippen LogP contribution in [0.5, 0.6) is 5.75 Å². The summed E-state index contributed by atoms with van der Waals surface area (Å²) in [6, 6.07) is 9.52. The molecule has 2 heterocycles. The molecule has 38 heavy (non-hydrogen) atoms. The molecule has 10 nitrogen and oxygen atoms in total. The summed E-state index contributed by atoms with van der Waals surface area (Å²) in [4.78, 5) is 28.8. The van der Waals surface area contributed by atoms with Gasteiger partial charge in [0, 0.05) is 18.9 Å². The third kappa shape index (κ3) is 5.34. The average Bonchev–Trinajstić information content (AvgIpc) is 3.50. The van der Waals surface area contributed by atoms with E-state index in [-0.39, 0.29) is 11.3 Å². The Hall–Kier alpha value is -3.96. The molecular formula is C27H33N7O3S. The molecule has 0 radical (unpaired) electrons. The van der Waals surface area contributed by atoms with Crippen molar-refractivity contribution >= 4 is 46.9 Å². The van der Waals surface area contributed by atoms with E-state index in [2.05, 4.69) is 46.8 Å². The van der Waals surface area contributed by atoms with Gasteiger partial charge in [0.2, 0.25) is 0 Å². The summed E-state index contributed by atoms with van der Waals surface area (Å²) < 4.78 is 10.6. The first-order valence-corrected chi connectivity index (χ1v) is 13.2. The third-order valence-corrected chi connectivity index (χ3v) is 6.75. The maximum atomic E-state index is 13.5. The van der Waals surface area contributed by atoms with E-state index >= 15 is 0 Å². The summed E-state index contributed by atoms with van der Waals surface area (Å²) in [5.74, 6) is 0.638. The minimum Gasteiger partial charge on any atom is -0.492 e. The normalized spacial score (nSPS) is 13.1. The summed E-state index contributed by atoms with van der Waals surface area (Å²) in [6.07, 6.45) is 6.13. The second kappa shape index (κ2) is 10.8. The van der Waals surface area contributed by atoms with Crippen LogP contribution in [0.4, 0.5) is 17.1 Å². The molecule has 0 unspecified atom stereocenters. The van der Waals surface area contributed by atoms with Gasteiger partial charge < -0.3 is 19.3 Å². The molecule has 11 heteroatoms. The van der Waals surface area contributed by atoms with Crippen molar-refractivity contribution in [2.75, 3.05) is 28.4 Å². The Morgan fingerprint density at radius 3 is 2.55 bits per heavy atom. The van der Waals surface area contributed by atoms with E-state index < -0.39 is 0 Å². The van der Waals surface area contributed by atoms with Crippen LogP contribution in [0.15, 0.2) is 42.7 Å². The molecule has 1 aliphatic rings. The molecule has 1 amide bonds. The fraction of sp³-hybridized carbons (Fsp3) is 0.296. The van der Waals surface area contributed by atoms with Gasteiger partial charge in [-0.1, -0.05) is 38.8 Å². The second-order valence-electron chi connectivity index (χ2n) is 9.94. The zero-order valence-electron chi connectivity index (χ0n) is 22.6. The lowest BCUT2D eigenvalue weighted by molar-refractivity contribution is 0.102. The monoisotopic (exact) mass is 535 g/mol. The van der Waals surface area contributed by atoms with Gasteiger partial charge in [0.05, 0.1) is 48.0 Å². The van der Waals surface area contributed by atoms with Crippen LogP contribution < -0.4 is 30.7 Å². The molecule has 0 atom stereocenters. The predicted octanol–water partition coefficient (Wildman–Crippen LogP) is 4.62. The SMILES string of the molecule is COc1c(NSC)cc(C(C)(C)C)cc1NC(=O)c1ccc(C)c(N2C=C(c3cnc(C=O)n3C)NN2)c1. The maximum absolute atomic E-state index is 13.5. The number of nitrogens with one attached hydrogen (secondary N) is 4. The van der Waals surface area contributed by atoms with Gasteiger partial charge in [0.1, 0.15) is 0 Å². The summed E-state index contributed by atoms with van der Waals surface area (Å²) in [6.45, 7) is 8.34. The molecule has 0 saturated heterocycles. The Balaban J connectivity index is 1.64. The average molecular weight is 536 g/mol. The molecule has 0 saturated carbocycles. The third-order valence-electron chi connectivity index (χ3n) is 6.32. The number of hydrazine groups is 2. The lowest BCUT2D eigenvalue weighted by Gasteiger charge is -2.24. The molecule has 0 bridgehead atoms. The smallest absolute Gasteiger partial charge is 0.255 e. The topological polar surface area (TPSA) is 113 Å². The number of aryl methyl sites for hydroxylation is 1. The number of benzene rings is 2. The van der Waals surface area contributed by atoms with Crippen molar-refractivity contribution in [2.45, 2.75) is 33.1 Å². The van der Waals surface area contributed by atoms with Gasteiger partial charge in [-0.15, -0.1) is 5.53 Å². The molecule has 4 rings (SSSR count). The van der Waals surface area contributed by atoms with E-state index in [1.54, 1.807) is 36.0 Å². The first kappa shape index (κ1) is 27.1. The van der Waals surface area contributed by atoms with E-state index in [0.29, 0.717) is 29.1 Å². The van der Waals surface area contributed by atoms with Gasteiger partial charge in [0.15, 0.2) is 17.9 Å². The van der Waals surface area contributed by atoms with Gasteiger partial charge in [-0.05, 0) is 47.7 Å². The number of methoxy groups -OCH3 is 1. The Morgan fingerprint density at radius 2 is 1.92 bits per heavy atom. The fourth-order valence-corrected chi connectivity index (χ4v) is 4.49. The summed E-state index contributed by atoms with van der Waals surface area (Å²) >= 11 is 1.46. The summed E-state index contributed by atoms with van der Waals surface area (Å²) in [5.41, 5.74) is 12.2. The highest BCUT2D eigenvalue weighted by Crippen LogP contribution is 2.40. The molecule has 0 aliphatic carbocycles. The van der Waals surface area contributed by atoms with Crippen LogP contribution in [0.25, 0.3) is 5.70 Å². The molecule has 3 aromatic rings. The summed E-state index contributed by atoms with van der Waals surface area (Å²) in [7, 11) is 3.37. The Labute approximate surface area is 226 Å². The molecule has 2 aromatic carbocycles. The van der Waals surface area contributed by atoms with Gasteiger partial charge in [-0.3, -0.25) is 20.0 Å². The maximum Gasteiger partial charge on any atom is 0.255 e. The minimum atomic E-state index is -0.260. The molecule has 1 aliphatic heterocycles. The molecule has 1 aromatic heterocycles. The number of hydrogen-bond donors (Lipinski definition) is 4. The number of imidazole rings is 1. The number of rotatable bonds is 8. The number of amides is 1. The van der Waals surface area contributed by atoms with Crippen LogP contribution in [0.3, 0.4) is 0 Å². The molecule has 0 fully saturated rings. The number of carbonyl (C=O) groups excluding carboxylic acids is 2. The quantitative estimate of drug-likeness (QED) is 0.242. The lowest BCUT2D eigenvalue weighted by atomic mass is 9.86. The van der Waals surface area contributed by atoms with Gasteiger partial charge in [-0.2, -0.15) is 0 Å². The van der Waals surface area contributed by atoms with Crippen molar-refractivity contribution in [3.63, 3.8) is 0 Å². The second-order valence-corrected chi connectivity index (χ2v) is 10.6. The lowest BCUT2D eigenvalue weighted by Crippen LogP contribution is -2.36. The number of aldehydes is 1. The molecule has 4 N–H and O–H groups in total. The first-order valence-electron chi connectivity index (χ1n) is 12.0.